The highest BCUT2D eigenvalue weighted by molar-refractivity contribution is 6.30. The van der Waals surface area contributed by atoms with Crippen molar-refractivity contribution in [2.75, 3.05) is 0 Å². The predicted molar refractivity (Wildman–Crippen MR) is 46.9 cm³/mol. The first kappa shape index (κ1) is 8.42. The smallest absolute Gasteiger partial charge is 0.0539 e. The normalized spacial score (nSPS) is 34.8. The maximum absolute atomic E-state index is 5.96. The van der Waals surface area contributed by atoms with Gasteiger partial charge in [0.1, 0.15) is 0 Å². The van der Waals surface area contributed by atoms with Gasteiger partial charge in [-0.2, -0.15) is 0 Å². The summed E-state index contributed by atoms with van der Waals surface area (Å²) in [5.41, 5.74) is 2.83. The summed E-state index contributed by atoms with van der Waals surface area (Å²) in [6.07, 6.45) is 1.92. The van der Waals surface area contributed by atoms with Crippen molar-refractivity contribution in [3.05, 3.63) is 11.1 Å². The molecule has 0 heterocycles. The fourth-order valence-electron chi connectivity index (χ4n) is 1.19. The Hall–Kier alpha value is 0.320. The van der Waals surface area contributed by atoms with Crippen LogP contribution in [0, 0.1) is 0 Å². The average Bonchev–Trinajstić information content (AvgIpc) is 1.84. The second-order valence-electron chi connectivity index (χ2n) is 3.00. The first-order valence-electron chi connectivity index (χ1n) is 3.54. The average molecular weight is 179 g/mol. The van der Waals surface area contributed by atoms with Crippen molar-refractivity contribution < 1.29 is 0 Å². The van der Waals surface area contributed by atoms with Gasteiger partial charge in [-0.3, -0.25) is 0 Å². The van der Waals surface area contributed by atoms with Crippen LogP contribution in [0.25, 0.3) is 0 Å². The molecular weight excluding hydrogens is 167 g/mol. The molecule has 0 radical (unpaired) electrons. The maximum atomic E-state index is 5.96. The third-order valence-electron chi connectivity index (χ3n) is 2.12. The molecule has 0 nitrogen and oxygen atoms in total. The van der Waals surface area contributed by atoms with Crippen LogP contribution in [0.1, 0.15) is 26.7 Å². The van der Waals surface area contributed by atoms with E-state index in [-0.39, 0.29) is 10.8 Å². The zero-order chi connectivity index (χ0) is 7.72. The molecule has 0 aromatic rings. The first-order valence-corrected chi connectivity index (χ1v) is 4.42. The summed E-state index contributed by atoms with van der Waals surface area (Å²) in [7, 11) is 0. The minimum atomic E-state index is 0.144. The van der Waals surface area contributed by atoms with Crippen LogP contribution in [-0.4, -0.2) is 10.8 Å². The summed E-state index contributed by atoms with van der Waals surface area (Å²) in [5.74, 6) is 0. The Morgan fingerprint density at radius 2 is 1.30 bits per heavy atom. The number of alkyl halides is 2. The summed E-state index contributed by atoms with van der Waals surface area (Å²) < 4.78 is 0. The molecule has 0 saturated heterocycles. The minimum Gasteiger partial charge on any atom is -0.121 e. The van der Waals surface area contributed by atoms with Crippen molar-refractivity contribution in [3.63, 3.8) is 0 Å². The highest BCUT2D eigenvalue weighted by Gasteiger charge is 2.22. The molecule has 2 atom stereocenters. The van der Waals surface area contributed by atoms with Gasteiger partial charge in [-0.05, 0) is 26.7 Å². The van der Waals surface area contributed by atoms with E-state index in [0.29, 0.717) is 0 Å². The number of hydrogen-bond acceptors (Lipinski definition) is 0. The lowest BCUT2D eigenvalue weighted by molar-refractivity contribution is 0.689. The Kier molecular flexibility index (Phi) is 2.65. The summed E-state index contributed by atoms with van der Waals surface area (Å²) in [4.78, 5) is 0. The van der Waals surface area contributed by atoms with Gasteiger partial charge in [-0.15, -0.1) is 23.2 Å². The molecule has 0 fully saturated rings. The van der Waals surface area contributed by atoms with Gasteiger partial charge in [0.2, 0.25) is 0 Å². The van der Waals surface area contributed by atoms with Gasteiger partial charge in [0.25, 0.3) is 0 Å². The lowest BCUT2D eigenvalue weighted by Gasteiger charge is -2.24. The van der Waals surface area contributed by atoms with Gasteiger partial charge in [0, 0.05) is 0 Å². The van der Waals surface area contributed by atoms with E-state index in [1.807, 2.05) is 0 Å². The first-order chi connectivity index (χ1) is 4.61. The van der Waals surface area contributed by atoms with Crippen molar-refractivity contribution in [1.82, 2.24) is 0 Å². The SMILES string of the molecule is CC1=C(C)CC(Cl)C(Cl)C1. The molecule has 2 heteroatoms. The Morgan fingerprint density at radius 3 is 1.60 bits per heavy atom. The number of hydrogen-bond donors (Lipinski definition) is 0. The van der Waals surface area contributed by atoms with Crippen molar-refractivity contribution in [2.45, 2.75) is 37.4 Å². The minimum absolute atomic E-state index is 0.144. The second-order valence-corrected chi connectivity index (χ2v) is 4.12. The van der Waals surface area contributed by atoms with Crippen LogP contribution in [0.15, 0.2) is 11.1 Å². The van der Waals surface area contributed by atoms with Crippen molar-refractivity contribution in [2.24, 2.45) is 0 Å². The molecule has 10 heavy (non-hydrogen) atoms. The van der Waals surface area contributed by atoms with Gasteiger partial charge in [-0.1, -0.05) is 11.1 Å². The molecule has 2 unspecified atom stereocenters. The Balaban J connectivity index is 2.69. The molecule has 0 spiro atoms. The van der Waals surface area contributed by atoms with Gasteiger partial charge in [0.05, 0.1) is 10.8 Å². The van der Waals surface area contributed by atoms with E-state index >= 15 is 0 Å². The van der Waals surface area contributed by atoms with E-state index in [4.69, 9.17) is 23.2 Å². The van der Waals surface area contributed by atoms with E-state index in [0.717, 1.165) is 12.8 Å². The monoisotopic (exact) mass is 178 g/mol. The van der Waals surface area contributed by atoms with Gasteiger partial charge in [0.15, 0.2) is 0 Å². The number of halogens is 2. The highest BCUT2D eigenvalue weighted by Crippen LogP contribution is 2.31. The van der Waals surface area contributed by atoms with Crippen LogP contribution in [0.5, 0.6) is 0 Å². The molecule has 0 saturated carbocycles. The molecule has 0 aromatic heterocycles. The molecule has 0 aromatic carbocycles. The van der Waals surface area contributed by atoms with E-state index in [1.165, 1.54) is 11.1 Å². The van der Waals surface area contributed by atoms with Crippen LogP contribution in [0.2, 0.25) is 0 Å². The quantitative estimate of drug-likeness (QED) is 0.395. The van der Waals surface area contributed by atoms with Gasteiger partial charge < -0.3 is 0 Å². The fourth-order valence-corrected chi connectivity index (χ4v) is 1.83. The van der Waals surface area contributed by atoms with Crippen LogP contribution >= 0.6 is 23.2 Å². The lowest BCUT2D eigenvalue weighted by Crippen LogP contribution is -2.20. The van der Waals surface area contributed by atoms with Crippen molar-refractivity contribution >= 4 is 23.2 Å². The van der Waals surface area contributed by atoms with Crippen LogP contribution < -0.4 is 0 Å². The molecule has 1 aliphatic rings. The topological polar surface area (TPSA) is 0 Å². The molecule has 1 aliphatic carbocycles. The third-order valence-corrected chi connectivity index (χ3v) is 3.17. The standard InChI is InChI=1S/C8H12Cl2/c1-5-3-7(9)8(10)4-6(5)2/h7-8H,3-4H2,1-2H3. The summed E-state index contributed by atoms with van der Waals surface area (Å²) >= 11 is 11.9. The Bertz CT molecular complexity index is 143. The molecule has 0 amide bonds. The lowest BCUT2D eigenvalue weighted by atomic mass is 9.93. The maximum Gasteiger partial charge on any atom is 0.0539 e. The van der Waals surface area contributed by atoms with Crippen molar-refractivity contribution in [1.29, 1.82) is 0 Å². The Morgan fingerprint density at radius 1 is 1.00 bits per heavy atom. The Labute approximate surface area is 72.2 Å². The van der Waals surface area contributed by atoms with E-state index in [1.54, 1.807) is 0 Å². The molecule has 0 bridgehead atoms. The van der Waals surface area contributed by atoms with E-state index in [9.17, 15) is 0 Å². The molecule has 0 aliphatic heterocycles. The summed E-state index contributed by atoms with van der Waals surface area (Å²) in [5, 5.41) is 0.288. The van der Waals surface area contributed by atoms with Crippen LogP contribution in [-0.2, 0) is 0 Å². The molecule has 0 N–H and O–H groups in total. The van der Waals surface area contributed by atoms with Gasteiger partial charge >= 0.3 is 0 Å². The second kappa shape index (κ2) is 3.15. The zero-order valence-corrected chi connectivity index (χ0v) is 7.84. The molecule has 58 valence electrons. The largest absolute Gasteiger partial charge is 0.121 e. The summed E-state index contributed by atoms with van der Waals surface area (Å²) in [6.45, 7) is 4.26. The number of rotatable bonds is 0. The number of allylic oxidation sites excluding steroid dienone is 2. The van der Waals surface area contributed by atoms with Crippen LogP contribution in [0.4, 0.5) is 0 Å². The van der Waals surface area contributed by atoms with E-state index < -0.39 is 0 Å². The van der Waals surface area contributed by atoms with Crippen molar-refractivity contribution in [3.8, 4) is 0 Å². The highest BCUT2D eigenvalue weighted by atomic mass is 35.5. The van der Waals surface area contributed by atoms with Crippen LogP contribution in [0.3, 0.4) is 0 Å². The molecule has 1 rings (SSSR count). The zero-order valence-electron chi connectivity index (χ0n) is 6.32. The van der Waals surface area contributed by atoms with Gasteiger partial charge in [-0.25, -0.2) is 0 Å². The third kappa shape index (κ3) is 1.67. The predicted octanol–water partition coefficient (Wildman–Crippen LogP) is 3.33. The molecular formula is C8H12Cl2. The van der Waals surface area contributed by atoms with E-state index in [2.05, 4.69) is 13.8 Å². The fraction of sp³-hybridized carbons (Fsp3) is 0.750. The summed E-state index contributed by atoms with van der Waals surface area (Å²) in [6, 6.07) is 0.